The summed E-state index contributed by atoms with van der Waals surface area (Å²) >= 11 is 0. The second kappa shape index (κ2) is 9.76. The van der Waals surface area contributed by atoms with Crippen molar-refractivity contribution >= 4 is 11.9 Å². The van der Waals surface area contributed by atoms with Crippen LogP contribution >= 0.6 is 0 Å². The first-order chi connectivity index (χ1) is 11.0. The number of aliphatic imine (C=N–C) groups is 1. The molecule has 1 aromatic rings. The van der Waals surface area contributed by atoms with Gasteiger partial charge in [-0.25, -0.2) is 8.78 Å². The van der Waals surface area contributed by atoms with Crippen LogP contribution in [-0.4, -0.2) is 31.5 Å². The molecule has 23 heavy (non-hydrogen) atoms. The maximum absolute atomic E-state index is 13.5. The van der Waals surface area contributed by atoms with Crippen LogP contribution in [0, 0.1) is 11.6 Å². The van der Waals surface area contributed by atoms with Gasteiger partial charge in [0.1, 0.15) is 11.6 Å². The number of nitrogens with zero attached hydrogens (tertiary/aromatic N) is 1. The first kappa shape index (κ1) is 18.9. The van der Waals surface area contributed by atoms with Crippen molar-refractivity contribution in [2.75, 3.05) is 13.6 Å². The van der Waals surface area contributed by atoms with Gasteiger partial charge in [-0.3, -0.25) is 9.79 Å². The highest BCUT2D eigenvalue weighted by atomic mass is 19.1. The summed E-state index contributed by atoms with van der Waals surface area (Å²) in [4.78, 5) is 15.6. The molecule has 1 atom stereocenters. The van der Waals surface area contributed by atoms with E-state index < -0.39 is 11.6 Å². The summed E-state index contributed by atoms with van der Waals surface area (Å²) in [6.07, 6.45) is 1.18. The van der Waals surface area contributed by atoms with Crippen molar-refractivity contribution in [3.63, 3.8) is 0 Å². The summed E-state index contributed by atoms with van der Waals surface area (Å²) in [6, 6.07) is 3.44. The van der Waals surface area contributed by atoms with Crippen LogP contribution in [-0.2, 0) is 11.3 Å². The summed E-state index contributed by atoms with van der Waals surface area (Å²) in [7, 11) is 1.57. The second-order valence-corrected chi connectivity index (χ2v) is 5.22. The molecule has 1 rings (SSSR count). The number of benzene rings is 1. The van der Waals surface area contributed by atoms with E-state index in [-0.39, 0.29) is 24.1 Å². The van der Waals surface area contributed by atoms with Crippen molar-refractivity contribution in [1.82, 2.24) is 16.0 Å². The van der Waals surface area contributed by atoms with E-state index in [1.165, 1.54) is 0 Å². The molecule has 0 radical (unpaired) electrons. The third kappa shape index (κ3) is 7.08. The maximum atomic E-state index is 13.5. The molecule has 1 unspecified atom stereocenters. The Morgan fingerprint density at radius 3 is 2.70 bits per heavy atom. The first-order valence-electron chi connectivity index (χ1n) is 7.64. The smallest absolute Gasteiger partial charge is 0.221 e. The molecule has 0 aliphatic carbocycles. The summed E-state index contributed by atoms with van der Waals surface area (Å²) in [5, 5.41) is 8.70. The lowest BCUT2D eigenvalue weighted by Gasteiger charge is -2.14. The lowest BCUT2D eigenvalue weighted by Crippen LogP contribution is -2.40. The van der Waals surface area contributed by atoms with Gasteiger partial charge in [0.05, 0.1) is 0 Å². The topological polar surface area (TPSA) is 65.5 Å². The number of hydrogen-bond donors (Lipinski definition) is 3. The van der Waals surface area contributed by atoms with Gasteiger partial charge < -0.3 is 16.0 Å². The van der Waals surface area contributed by atoms with E-state index in [0.717, 1.165) is 24.6 Å². The molecular formula is C16H24F2N4O. The van der Waals surface area contributed by atoms with Crippen molar-refractivity contribution in [3.05, 3.63) is 35.4 Å². The van der Waals surface area contributed by atoms with Crippen LogP contribution in [0.5, 0.6) is 0 Å². The lowest BCUT2D eigenvalue weighted by atomic mass is 10.2. The maximum Gasteiger partial charge on any atom is 0.221 e. The van der Waals surface area contributed by atoms with Crippen LogP contribution in [0.4, 0.5) is 8.78 Å². The molecule has 0 saturated carbocycles. The summed E-state index contributed by atoms with van der Waals surface area (Å²) < 4.78 is 26.6. The average molecular weight is 326 g/mol. The number of rotatable bonds is 7. The van der Waals surface area contributed by atoms with Crippen LogP contribution < -0.4 is 16.0 Å². The number of nitrogens with one attached hydrogen (secondary N) is 3. The standard InChI is InChI=1S/C16H24F2N4O/c1-4-11(2)22-15(23)7-8-20-16(19-3)21-10-12-9-13(17)5-6-14(12)18/h5-6,9,11H,4,7-8,10H2,1-3H3,(H,22,23)(H2,19,20,21). The fourth-order valence-electron chi connectivity index (χ4n) is 1.82. The zero-order chi connectivity index (χ0) is 17.2. The van der Waals surface area contributed by atoms with Gasteiger partial charge in [-0.15, -0.1) is 0 Å². The van der Waals surface area contributed by atoms with E-state index in [0.29, 0.717) is 18.9 Å². The van der Waals surface area contributed by atoms with Crippen molar-refractivity contribution in [2.45, 2.75) is 39.3 Å². The average Bonchev–Trinajstić information content (AvgIpc) is 2.53. The monoisotopic (exact) mass is 326 g/mol. The van der Waals surface area contributed by atoms with E-state index in [4.69, 9.17) is 0 Å². The lowest BCUT2D eigenvalue weighted by molar-refractivity contribution is -0.121. The molecule has 1 amide bonds. The van der Waals surface area contributed by atoms with Crippen LogP contribution in [0.15, 0.2) is 23.2 Å². The molecule has 0 bridgehead atoms. The Hall–Kier alpha value is -2.18. The second-order valence-electron chi connectivity index (χ2n) is 5.22. The molecule has 0 aliphatic heterocycles. The molecule has 0 spiro atoms. The number of carbonyl (C=O) groups excluding carboxylic acids is 1. The normalized spacial score (nSPS) is 12.7. The first-order valence-corrected chi connectivity index (χ1v) is 7.64. The molecule has 5 nitrogen and oxygen atoms in total. The fourth-order valence-corrected chi connectivity index (χ4v) is 1.82. The fraction of sp³-hybridized carbons (Fsp3) is 0.500. The van der Waals surface area contributed by atoms with E-state index >= 15 is 0 Å². The Morgan fingerprint density at radius 1 is 1.30 bits per heavy atom. The minimum absolute atomic E-state index is 0.0431. The van der Waals surface area contributed by atoms with Crippen LogP contribution in [0.25, 0.3) is 0 Å². The van der Waals surface area contributed by atoms with Gasteiger partial charge in [0, 0.05) is 38.2 Å². The number of amides is 1. The van der Waals surface area contributed by atoms with Gasteiger partial charge in [0.15, 0.2) is 5.96 Å². The van der Waals surface area contributed by atoms with Crippen LogP contribution in [0.3, 0.4) is 0 Å². The third-order valence-electron chi connectivity index (χ3n) is 3.34. The molecule has 0 aliphatic rings. The van der Waals surface area contributed by atoms with Crippen molar-refractivity contribution < 1.29 is 13.6 Å². The van der Waals surface area contributed by atoms with Gasteiger partial charge >= 0.3 is 0 Å². The third-order valence-corrected chi connectivity index (χ3v) is 3.34. The Morgan fingerprint density at radius 2 is 2.04 bits per heavy atom. The zero-order valence-electron chi connectivity index (χ0n) is 13.7. The molecule has 0 aromatic heterocycles. The van der Waals surface area contributed by atoms with E-state index in [9.17, 15) is 13.6 Å². The van der Waals surface area contributed by atoms with Gasteiger partial charge in [-0.2, -0.15) is 0 Å². The highest BCUT2D eigenvalue weighted by Crippen LogP contribution is 2.08. The Balaban J connectivity index is 2.38. The molecule has 0 fully saturated rings. The Kier molecular flexibility index (Phi) is 8.01. The van der Waals surface area contributed by atoms with Crippen LogP contribution in [0.1, 0.15) is 32.3 Å². The highest BCUT2D eigenvalue weighted by molar-refractivity contribution is 5.81. The van der Waals surface area contributed by atoms with Crippen LogP contribution in [0.2, 0.25) is 0 Å². The number of hydrogen-bond acceptors (Lipinski definition) is 2. The number of carbonyl (C=O) groups is 1. The van der Waals surface area contributed by atoms with E-state index in [2.05, 4.69) is 20.9 Å². The minimum atomic E-state index is -0.493. The van der Waals surface area contributed by atoms with Crippen molar-refractivity contribution in [2.24, 2.45) is 4.99 Å². The van der Waals surface area contributed by atoms with E-state index in [1.807, 2.05) is 13.8 Å². The predicted octanol–water partition coefficient (Wildman–Crippen LogP) is 1.93. The van der Waals surface area contributed by atoms with Gasteiger partial charge in [0.2, 0.25) is 5.91 Å². The van der Waals surface area contributed by atoms with Crippen molar-refractivity contribution in [1.29, 1.82) is 0 Å². The molecule has 128 valence electrons. The SMILES string of the molecule is CCC(C)NC(=O)CCNC(=NC)NCc1cc(F)ccc1F. The highest BCUT2D eigenvalue weighted by Gasteiger charge is 2.07. The zero-order valence-corrected chi connectivity index (χ0v) is 13.7. The molecule has 1 aromatic carbocycles. The molecule has 7 heteroatoms. The summed E-state index contributed by atoms with van der Waals surface area (Å²) in [6.45, 7) is 4.44. The molecule has 3 N–H and O–H groups in total. The van der Waals surface area contributed by atoms with Gasteiger partial charge in [-0.05, 0) is 31.5 Å². The summed E-state index contributed by atoms with van der Waals surface area (Å²) in [5.74, 6) is -0.598. The van der Waals surface area contributed by atoms with Gasteiger partial charge in [0.25, 0.3) is 0 Å². The number of halogens is 2. The quantitative estimate of drug-likeness (QED) is 0.530. The van der Waals surface area contributed by atoms with E-state index in [1.54, 1.807) is 7.05 Å². The minimum Gasteiger partial charge on any atom is -0.356 e. The predicted molar refractivity (Wildman–Crippen MR) is 87.1 cm³/mol. The largest absolute Gasteiger partial charge is 0.356 e. The van der Waals surface area contributed by atoms with Gasteiger partial charge in [-0.1, -0.05) is 6.92 Å². The number of guanidine groups is 1. The Labute approximate surface area is 135 Å². The molecule has 0 saturated heterocycles. The molecular weight excluding hydrogens is 302 g/mol. The Bertz CT molecular complexity index is 549. The summed E-state index contributed by atoms with van der Waals surface area (Å²) in [5.41, 5.74) is 0.211. The molecule has 0 heterocycles. The van der Waals surface area contributed by atoms with Crippen molar-refractivity contribution in [3.8, 4) is 0 Å².